The Hall–Kier alpha value is -0.410. The van der Waals surface area contributed by atoms with E-state index in [1.165, 1.54) is 0 Å². The normalized spacial score (nSPS) is 30.4. The number of nitrogens with zero attached hydrogens (tertiary/aromatic N) is 1. The molecule has 0 bridgehead atoms. The van der Waals surface area contributed by atoms with Crippen molar-refractivity contribution in [3.05, 3.63) is 28.5 Å². The standard InChI is InChI=1S/C11H14BrNO/c1-2-3-8-6-11(8,14)10-5-4-9(12)7-13-10/h4-5,7-8,14H,2-3,6H2,1H3. The summed E-state index contributed by atoms with van der Waals surface area (Å²) in [6.45, 7) is 2.15. The summed E-state index contributed by atoms with van der Waals surface area (Å²) in [6.07, 6.45) is 4.84. The molecule has 1 aliphatic carbocycles. The first-order valence-corrected chi connectivity index (χ1v) is 5.80. The highest BCUT2D eigenvalue weighted by Gasteiger charge is 2.54. The van der Waals surface area contributed by atoms with Crippen LogP contribution in [0.5, 0.6) is 0 Å². The number of rotatable bonds is 3. The van der Waals surface area contributed by atoms with E-state index in [0.717, 1.165) is 29.4 Å². The lowest BCUT2D eigenvalue weighted by Crippen LogP contribution is -2.10. The van der Waals surface area contributed by atoms with Gasteiger partial charge in [0, 0.05) is 10.7 Å². The molecule has 14 heavy (non-hydrogen) atoms. The molecule has 1 N–H and O–H groups in total. The molecule has 2 atom stereocenters. The van der Waals surface area contributed by atoms with E-state index in [1.807, 2.05) is 12.1 Å². The van der Waals surface area contributed by atoms with Crippen molar-refractivity contribution in [2.45, 2.75) is 31.8 Å². The summed E-state index contributed by atoms with van der Waals surface area (Å²) in [5.41, 5.74) is 0.190. The van der Waals surface area contributed by atoms with Gasteiger partial charge in [-0.05, 0) is 46.8 Å². The molecule has 0 aliphatic heterocycles. The van der Waals surface area contributed by atoms with E-state index in [4.69, 9.17) is 0 Å². The highest BCUT2D eigenvalue weighted by atomic mass is 79.9. The number of pyridine rings is 1. The minimum Gasteiger partial charge on any atom is -0.383 e. The summed E-state index contributed by atoms with van der Waals surface area (Å²) in [7, 11) is 0. The molecule has 1 aromatic rings. The van der Waals surface area contributed by atoms with Crippen molar-refractivity contribution >= 4 is 15.9 Å². The van der Waals surface area contributed by atoms with Gasteiger partial charge in [0.15, 0.2) is 0 Å². The molecule has 3 heteroatoms. The van der Waals surface area contributed by atoms with Crippen LogP contribution >= 0.6 is 15.9 Å². The van der Waals surface area contributed by atoms with E-state index in [0.29, 0.717) is 5.92 Å². The molecule has 1 heterocycles. The molecular weight excluding hydrogens is 242 g/mol. The summed E-state index contributed by atoms with van der Waals surface area (Å²) in [4.78, 5) is 4.25. The maximum absolute atomic E-state index is 10.2. The van der Waals surface area contributed by atoms with Crippen LogP contribution in [0.25, 0.3) is 0 Å². The zero-order valence-corrected chi connectivity index (χ0v) is 9.79. The van der Waals surface area contributed by atoms with Crippen LogP contribution in [0.2, 0.25) is 0 Å². The number of aliphatic hydroxyl groups is 1. The van der Waals surface area contributed by atoms with Gasteiger partial charge in [0.25, 0.3) is 0 Å². The van der Waals surface area contributed by atoms with Crippen LogP contribution in [-0.4, -0.2) is 10.1 Å². The molecule has 0 aromatic carbocycles. The van der Waals surface area contributed by atoms with Gasteiger partial charge in [0.1, 0.15) is 5.60 Å². The quantitative estimate of drug-likeness (QED) is 0.902. The van der Waals surface area contributed by atoms with Crippen LogP contribution in [0.15, 0.2) is 22.8 Å². The van der Waals surface area contributed by atoms with E-state index >= 15 is 0 Å². The van der Waals surface area contributed by atoms with E-state index in [1.54, 1.807) is 6.20 Å². The van der Waals surface area contributed by atoms with Gasteiger partial charge in [-0.25, -0.2) is 0 Å². The first kappa shape index (κ1) is 10.1. The van der Waals surface area contributed by atoms with E-state index < -0.39 is 5.60 Å². The summed E-state index contributed by atoms with van der Waals surface area (Å²) in [5.74, 6) is 0.418. The van der Waals surface area contributed by atoms with Gasteiger partial charge in [-0.15, -0.1) is 0 Å². The van der Waals surface area contributed by atoms with E-state index in [2.05, 4.69) is 27.8 Å². The van der Waals surface area contributed by atoms with Crippen molar-refractivity contribution < 1.29 is 5.11 Å². The second-order valence-electron chi connectivity index (χ2n) is 3.98. The minimum absolute atomic E-state index is 0.418. The van der Waals surface area contributed by atoms with Crippen LogP contribution in [0.1, 0.15) is 31.9 Å². The summed E-state index contributed by atoms with van der Waals surface area (Å²) in [6, 6.07) is 3.83. The summed E-state index contributed by atoms with van der Waals surface area (Å²) < 4.78 is 0.956. The van der Waals surface area contributed by atoms with Crippen molar-refractivity contribution in [2.24, 2.45) is 5.92 Å². The Morgan fingerprint density at radius 3 is 3.00 bits per heavy atom. The molecule has 1 fully saturated rings. The van der Waals surface area contributed by atoms with Crippen LogP contribution < -0.4 is 0 Å². The molecule has 76 valence electrons. The Balaban J connectivity index is 2.13. The van der Waals surface area contributed by atoms with Gasteiger partial charge >= 0.3 is 0 Å². The Bertz CT molecular complexity index is 325. The van der Waals surface area contributed by atoms with Crippen LogP contribution in [0.4, 0.5) is 0 Å². The van der Waals surface area contributed by atoms with Gasteiger partial charge in [0.05, 0.1) is 5.69 Å². The fraction of sp³-hybridized carbons (Fsp3) is 0.545. The third-order valence-corrected chi connectivity index (χ3v) is 3.35. The number of hydrogen-bond donors (Lipinski definition) is 1. The van der Waals surface area contributed by atoms with Gasteiger partial charge in [-0.2, -0.15) is 0 Å². The van der Waals surface area contributed by atoms with Gasteiger partial charge < -0.3 is 5.11 Å². The first-order chi connectivity index (χ1) is 6.66. The van der Waals surface area contributed by atoms with Crippen molar-refractivity contribution in [1.29, 1.82) is 0 Å². The number of hydrogen-bond acceptors (Lipinski definition) is 2. The maximum atomic E-state index is 10.2. The average molecular weight is 256 g/mol. The molecule has 1 aromatic heterocycles. The molecule has 2 nitrogen and oxygen atoms in total. The highest BCUT2D eigenvalue weighted by Crippen LogP contribution is 2.53. The third kappa shape index (κ3) is 1.71. The van der Waals surface area contributed by atoms with Gasteiger partial charge in [-0.1, -0.05) is 13.3 Å². The number of aromatic nitrogens is 1. The molecule has 0 saturated heterocycles. The SMILES string of the molecule is CCCC1CC1(O)c1ccc(Br)cn1. The Morgan fingerprint density at radius 2 is 2.43 bits per heavy atom. The summed E-state index contributed by atoms with van der Waals surface area (Å²) in [5, 5.41) is 10.2. The molecule has 0 spiro atoms. The molecule has 1 saturated carbocycles. The van der Waals surface area contributed by atoms with Crippen LogP contribution in [0.3, 0.4) is 0 Å². The minimum atomic E-state index is -0.628. The summed E-state index contributed by atoms with van der Waals surface area (Å²) >= 11 is 3.33. The Morgan fingerprint density at radius 1 is 1.64 bits per heavy atom. The van der Waals surface area contributed by atoms with Crippen molar-refractivity contribution in [2.75, 3.05) is 0 Å². The molecular formula is C11H14BrNO. The Kier molecular flexibility index (Phi) is 2.62. The predicted octanol–water partition coefficient (Wildman–Crippen LogP) is 2.85. The zero-order valence-electron chi connectivity index (χ0n) is 8.20. The largest absolute Gasteiger partial charge is 0.383 e. The van der Waals surface area contributed by atoms with Crippen molar-refractivity contribution in [3.63, 3.8) is 0 Å². The average Bonchev–Trinajstić information content (AvgIpc) is 2.80. The van der Waals surface area contributed by atoms with Crippen molar-refractivity contribution in [3.8, 4) is 0 Å². The monoisotopic (exact) mass is 255 g/mol. The van der Waals surface area contributed by atoms with Crippen molar-refractivity contribution in [1.82, 2.24) is 4.98 Å². The second kappa shape index (κ2) is 3.63. The number of halogens is 1. The lowest BCUT2D eigenvalue weighted by atomic mass is 10.1. The predicted molar refractivity (Wildman–Crippen MR) is 58.8 cm³/mol. The molecule has 1 aliphatic rings. The fourth-order valence-corrected chi connectivity index (χ4v) is 2.19. The second-order valence-corrected chi connectivity index (χ2v) is 4.89. The van der Waals surface area contributed by atoms with E-state index in [-0.39, 0.29) is 0 Å². The fourth-order valence-electron chi connectivity index (χ4n) is 1.95. The Labute approximate surface area is 92.5 Å². The molecule has 2 unspecified atom stereocenters. The topological polar surface area (TPSA) is 33.1 Å². The lowest BCUT2D eigenvalue weighted by Gasteiger charge is -2.09. The smallest absolute Gasteiger partial charge is 0.110 e. The van der Waals surface area contributed by atoms with Gasteiger partial charge in [-0.3, -0.25) is 4.98 Å². The van der Waals surface area contributed by atoms with Gasteiger partial charge in [0.2, 0.25) is 0 Å². The maximum Gasteiger partial charge on any atom is 0.110 e. The molecule has 0 amide bonds. The van der Waals surface area contributed by atoms with Crippen LogP contribution in [-0.2, 0) is 5.60 Å². The zero-order chi connectivity index (χ0) is 10.2. The highest BCUT2D eigenvalue weighted by molar-refractivity contribution is 9.10. The lowest BCUT2D eigenvalue weighted by molar-refractivity contribution is 0.124. The molecule has 0 radical (unpaired) electrons. The van der Waals surface area contributed by atoms with E-state index in [9.17, 15) is 5.11 Å². The molecule has 2 rings (SSSR count). The first-order valence-electron chi connectivity index (χ1n) is 5.01. The third-order valence-electron chi connectivity index (χ3n) is 2.88. The van der Waals surface area contributed by atoms with Crippen LogP contribution in [0, 0.1) is 5.92 Å².